The lowest BCUT2D eigenvalue weighted by Crippen LogP contribution is -2.42. The number of rotatable bonds is 4. The van der Waals surface area contributed by atoms with Gasteiger partial charge in [-0.15, -0.1) is 0 Å². The molecule has 2 N–H and O–H groups in total. The van der Waals surface area contributed by atoms with Crippen LogP contribution >= 0.6 is 0 Å². The van der Waals surface area contributed by atoms with E-state index in [9.17, 15) is 13.6 Å². The van der Waals surface area contributed by atoms with Crippen molar-refractivity contribution in [2.24, 2.45) is 10.7 Å². The lowest BCUT2D eigenvalue weighted by molar-refractivity contribution is -0.129. The maximum absolute atomic E-state index is 15.0. The molecular weight excluding hydrogens is 368 g/mol. The second kappa shape index (κ2) is 6.52. The number of hydrogen-bond donors (Lipinski definition) is 1. The molecule has 1 atom stereocenters. The molecule has 0 saturated heterocycles. The topological polar surface area (TPSA) is 97.6 Å². The van der Waals surface area contributed by atoms with Gasteiger partial charge in [0.2, 0.25) is 5.54 Å². The molecule has 2 aromatic heterocycles. The van der Waals surface area contributed by atoms with E-state index in [1.165, 1.54) is 56.1 Å². The van der Waals surface area contributed by atoms with Crippen LogP contribution in [-0.2, 0) is 17.0 Å². The highest BCUT2D eigenvalue weighted by atomic mass is 19.1. The number of halogens is 2. The van der Waals surface area contributed by atoms with Crippen LogP contribution in [0.5, 0.6) is 0 Å². The van der Waals surface area contributed by atoms with E-state index in [1.807, 2.05) is 0 Å². The first kappa shape index (κ1) is 17.8. The largest absolute Gasteiger partial charge is 0.451 e. The molecular formula is C19H15F2N5O2. The van der Waals surface area contributed by atoms with Crippen molar-refractivity contribution in [3.8, 4) is 11.3 Å². The number of alkyl halides is 1. The van der Waals surface area contributed by atoms with E-state index in [1.54, 1.807) is 0 Å². The lowest BCUT2D eigenvalue weighted by Gasteiger charge is -2.26. The summed E-state index contributed by atoms with van der Waals surface area (Å²) in [5.41, 5.74) is 5.10. The monoisotopic (exact) mass is 383 g/mol. The second-order valence-corrected chi connectivity index (χ2v) is 6.26. The molecule has 0 radical (unpaired) electrons. The molecule has 0 aliphatic carbocycles. The number of nitrogens with zero attached hydrogens (tertiary/aromatic N) is 4. The SMILES string of the molecule is CN1C(=O)C(c2cccc(CF)n2)(c2cc(-c3cocn3)ccc2F)N=C1N. The summed E-state index contributed by atoms with van der Waals surface area (Å²) >= 11 is 0. The Kier molecular flexibility index (Phi) is 4.14. The fraction of sp³-hybridized carbons (Fsp3) is 0.158. The average Bonchev–Trinajstić information content (AvgIpc) is 3.32. The molecule has 28 heavy (non-hydrogen) atoms. The third-order valence-electron chi connectivity index (χ3n) is 4.64. The molecule has 142 valence electrons. The first-order chi connectivity index (χ1) is 13.5. The van der Waals surface area contributed by atoms with E-state index in [0.29, 0.717) is 11.3 Å². The van der Waals surface area contributed by atoms with Gasteiger partial charge in [0.25, 0.3) is 5.91 Å². The molecule has 0 fully saturated rings. The van der Waals surface area contributed by atoms with E-state index >= 15 is 0 Å². The third kappa shape index (κ3) is 2.55. The number of aliphatic imine (C=N–C) groups is 1. The predicted octanol–water partition coefficient (Wildman–Crippen LogP) is 2.38. The van der Waals surface area contributed by atoms with Crippen molar-refractivity contribution in [1.82, 2.24) is 14.9 Å². The number of carbonyl (C=O) groups is 1. The van der Waals surface area contributed by atoms with Crippen LogP contribution in [0.1, 0.15) is 17.0 Å². The molecule has 0 spiro atoms. The van der Waals surface area contributed by atoms with Gasteiger partial charge >= 0.3 is 0 Å². The van der Waals surface area contributed by atoms with Gasteiger partial charge < -0.3 is 10.2 Å². The number of likely N-dealkylation sites (N-methyl/N-ethyl adjacent to an activating group) is 1. The Balaban J connectivity index is 2.01. The van der Waals surface area contributed by atoms with Crippen LogP contribution in [0.3, 0.4) is 0 Å². The van der Waals surface area contributed by atoms with Crippen molar-refractivity contribution in [2.45, 2.75) is 12.2 Å². The van der Waals surface area contributed by atoms with E-state index in [-0.39, 0.29) is 22.9 Å². The molecule has 1 aromatic carbocycles. The Morgan fingerprint density at radius 2 is 2.11 bits per heavy atom. The van der Waals surface area contributed by atoms with Crippen molar-refractivity contribution in [3.63, 3.8) is 0 Å². The molecule has 1 aliphatic heterocycles. The van der Waals surface area contributed by atoms with Gasteiger partial charge in [-0.2, -0.15) is 0 Å². The summed E-state index contributed by atoms with van der Waals surface area (Å²) in [6.45, 7) is -0.839. The van der Waals surface area contributed by atoms with E-state index < -0.39 is 23.9 Å². The molecule has 4 rings (SSSR count). The summed E-state index contributed by atoms with van der Waals surface area (Å²) in [5, 5.41) is 0. The summed E-state index contributed by atoms with van der Waals surface area (Å²) in [7, 11) is 1.43. The van der Waals surface area contributed by atoms with Gasteiger partial charge in [0.1, 0.15) is 24.4 Å². The Morgan fingerprint density at radius 3 is 2.75 bits per heavy atom. The zero-order chi connectivity index (χ0) is 19.9. The van der Waals surface area contributed by atoms with Crippen molar-refractivity contribution < 1.29 is 18.0 Å². The minimum atomic E-state index is -1.87. The number of nitrogens with two attached hydrogens (primary N) is 1. The number of oxazole rings is 1. The summed E-state index contributed by atoms with van der Waals surface area (Å²) in [4.78, 5) is 26.8. The molecule has 9 heteroatoms. The third-order valence-corrected chi connectivity index (χ3v) is 4.64. The molecule has 3 aromatic rings. The number of carbonyl (C=O) groups excluding carboxylic acids is 1. The number of guanidine groups is 1. The number of benzene rings is 1. The minimum Gasteiger partial charge on any atom is -0.451 e. The van der Waals surface area contributed by atoms with Crippen LogP contribution in [0.2, 0.25) is 0 Å². The maximum atomic E-state index is 15.0. The van der Waals surface area contributed by atoms with Crippen molar-refractivity contribution >= 4 is 11.9 Å². The molecule has 3 heterocycles. The van der Waals surface area contributed by atoms with Gasteiger partial charge in [-0.3, -0.25) is 14.7 Å². The van der Waals surface area contributed by atoms with E-state index in [2.05, 4.69) is 15.0 Å². The predicted molar refractivity (Wildman–Crippen MR) is 96.1 cm³/mol. The minimum absolute atomic E-state index is 0.0613. The number of hydrogen-bond acceptors (Lipinski definition) is 6. The first-order valence-corrected chi connectivity index (χ1v) is 8.32. The highest BCUT2D eigenvalue weighted by molar-refractivity contribution is 6.08. The second-order valence-electron chi connectivity index (χ2n) is 6.26. The van der Waals surface area contributed by atoms with Gasteiger partial charge in [-0.05, 0) is 30.3 Å². The van der Waals surface area contributed by atoms with Gasteiger partial charge in [0.05, 0.1) is 11.4 Å². The van der Waals surface area contributed by atoms with Crippen LogP contribution in [0.25, 0.3) is 11.3 Å². The smallest absolute Gasteiger partial charge is 0.268 e. The molecule has 0 saturated carbocycles. The summed E-state index contributed by atoms with van der Waals surface area (Å²) in [5.74, 6) is -1.37. The fourth-order valence-electron chi connectivity index (χ4n) is 3.19. The normalized spacial score (nSPS) is 19.2. The van der Waals surface area contributed by atoms with Crippen molar-refractivity contribution in [3.05, 3.63) is 71.8 Å². The number of aromatic nitrogens is 2. The van der Waals surface area contributed by atoms with Crippen LogP contribution in [0.4, 0.5) is 8.78 Å². The van der Waals surface area contributed by atoms with Gasteiger partial charge in [0.15, 0.2) is 12.4 Å². The number of amides is 1. The molecule has 1 amide bonds. The van der Waals surface area contributed by atoms with Crippen LogP contribution in [0.15, 0.2) is 58.5 Å². The van der Waals surface area contributed by atoms with Gasteiger partial charge in [0, 0.05) is 18.2 Å². The quantitative estimate of drug-likeness (QED) is 0.746. The van der Waals surface area contributed by atoms with Gasteiger partial charge in [-0.25, -0.2) is 18.8 Å². The zero-order valence-corrected chi connectivity index (χ0v) is 14.8. The Morgan fingerprint density at radius 1 is 1.29 bits per heavy atom. The highest BCUT2D eigenvalue weighted by Gasteiger charge is 2.52. The van der Waals surface area contributed by atoms with Crippen LogP contribution in [0, 0.1) is 5.82 Å². The fourth-order valence-corrected chi connectivity index (χ4v) is 3.19. The standard InChI is InChI=1S/C19H15F2N5O2/c1-26-17(27)19(25-18(26)22,16-4-2-3-12(8-20)24-16)13-7-11(5-6-14(13)21)15-9-28-10-23-15/h2-7,9-10H,8H2,1H3,(H2,22,25). The molecule has 1 unspecified atom stereocenters. The van der Waals surface area contributed by atoms with E-state index in [4.69, 9.17) is 10.2 Å². The lowest BCUT2D eigenvalue weighted by atomic mass is 9.84. The van der Waals surface area contributed by atoms with Gasteiger partial charge in [-0.1, -0.05) is 6.07 Å². The molecule has 1 aliphatic rings. The maximum Gasteiger partial charge on any atom is 0.268 e. The molecule has 0 bridgehead atoms. The van der Waals surface area contributed by atoms with Crippen LogP contribution in [-0.4, -0.2) is 33.8 Å². The Hall–Kier alpha value is -3.62. The van der Waals surface area contributed by atoms with Crippen molar-refractivity contribution in [2.75, 3.05) is 7.05 Å². The molecule has 7 nitrogen and oxygen atoms in total. The van der Waals surface area contributed by atoms with E-state index in [0.717, 1.165) is 4.90 Å². The summed E-state index contributed by atoms with van der Waals surface area (Å²) < 4.78 is 33.1. The first-order valence-electron chi connectivity index (χ1n) is 8.32. The zero-order valence-electron chi connectivity index (χ0n) is 14.8. The van der Waals surface area contributed by atoms with Crippen LogP contribution < -0.4 is 5.73 Å². The summed E-state index contributed by atoms with van der Waals surface area (Å²) in [6.07, 6.45) is 2.64. The van der Waals surface area contributed by atoms with Crippen molar-refractivity contribution in [1.29, 1.82) is 0 Å². The Labute approximate surface area is 158 Å². The average molecular weight is 383 g/mol. The highest BCUT2D eigenvalue weighted by Crippen LogP contribution is 2.41. The summed E-state index contributed by atoms with van der Waals surface area (Å²) in [6, 6.07) is 8.66. The number of pyridine rings is 1. The Bertz CT molecular complexity index is 1080.